The number of nitrogens with zero attached hydrogens (tertiary/aromatic N) is 5. The summed E-state index contributed by atoms with van der Waals surface area (Å²) in [4.78, 5) is 28.0. The first kappa shape index (κ1) is 20.2. The highest BCUT2D eigenvalue weighted by Crippen LogP contribution is 2.36. The Morgan fingerprint density at radius 2 is 1.84 bits per heavy atom. The van der Waals surface area contributed by atoms with Crippen LogP contribution >= 0.6 is 0 Å². The van der Waals surface area contributed by atoms with Crippen molar-refractivity contribution in [2.45, 2.75) is 77.0 Å². The lowest BCUT2D eigenvalue weighted by Crippen LogP contribution is -2.40. The van der Waals surface area contributed by atoms with E-state index in [-0.39, 0.29) is 11.8 Å². The molecular formula is C25H34N6O. The standard InChI is InChI=1S/C25H34N6O/c1-16-19-8-5-12-30(14-17-10-11-17)24(19)27-23(26-16)18-6-4-13-31(15-18)25(32)22-20-7-2-3-9-21(20)28-29-22/h17-18H,2-15H2,1H3,(H,28,29)/t18-/m0/s1. The van der Waals surface area contributed by atoms with Crippen molar-refractivity contribution in [3.8, 4) is 0 Å². The van der Waals surface area contributed by atoms with Crippen LogP contribution in [0.3, 0.4) is 0 Å². The molecule has 1 saturated heterocycles. The molecule has 32 heavy (non-hydrogen) atoms. The highest BCUT2D eigenvalue weighted by molar-refractivity contribution is 5.94. The third kappa shape index (κ3) is 3.69. The van der Waals surface area contributed by atoms with Gasteiger partial charge in [-0.15, -0.1) is 0 Å². The molecule has 2 fully saturated rings. The monoisotopic (exact) mass is 434 g/mol. The van der Waals surface area contributed by atoms with Gasteiger partial charge in [-0.1, -0.05) is 0 Å². The molecular weight excluding hydrogens is 400 g/mol. The minimum Gasteiger partial charge on any atom is -0.356 e. The van der Waals surface area contributed by atoms with Gasteiger partial charge in [-0.25, -0.2) is 9.97 Å². The highest BCUT2D eigenvalue weighted by atomic mass is 16.2. The van der Waals surface area contributed by atoms with Gasteiger partial charge in [0, 0.05) is 54.6 Å². The van der Waals surface area contributed by atoms with Crippen LogP contribution in [0.4, 0.5) is 5.82 Å². The predicted molar refractivity (Wildman–Crippen MR) is 123 cm³/mol. The van der Waals surface area contributed by atoms with E-state index < -0.39 is 0 Å². The maximum absolute atomic E-state index is 13.4. The summed E-state index contributed by atoms with van der Waals surface area (Å²) in [5, 5.41) is 7.56. The van der Waals surface area contributed by atoms with Gasteiger partial charge >= 0.3 is 0 Å². The highest BCUT2D eigenvalue weighted by Gasteiger charge is 2.33. The maximum atomic E-state index is 13.4. The number of H-pyrrole nitrogens is 1. The van der Waals surface area contributed by atoms with Crippen LogP contribution in [0.25, 0.3) is 0 Å². The number of carbonyl (C=O) groups excluding carboxylic acids is 1. The molecule has 7 nitrogen and oxygen atoms in total. The molecule has 2 aromatic rings. The lowest BCUT2D eigenvalue weighted by atomic mass is 9.93. The number of hydrogen-bond acceptors (Lipinski definition) is 5. The second kappa shape index (κ2) is 8.16. The number of nitrogens with one attached hydrogen (secondary N) is 1. The van der Waals surface area contributed by atoms with Gasteiger partial charge in [-0.05, 0) is 77.0 Å². The summed E-state index contributed by atoms with van der Waals surface area (Å²) in [6.07, 6.45) is 11.4. The van der Waals surface area contributed by atoms with Crippen molar-refractivity contribution in [1.82, 2.24) is 25.1 Å². The smallest absolute Gasteiger partial charge is 0.274 e. The van der Waals surface area contributed by atoms with Crippen LogP contribution in [0.2, 0.25) is 0 Å². The van der Waals surface area contributed by atoms with Crippen LogP contribution in [-0.2, 0) is 19.3 Å². The van der Waals surface area contributed by atoms with E-state index in [4.69, 9.17) is 9.97 Å². The van der Waals surface area contributed by atoms with E-state index in [2.05, 4.69) is 22.0 Å². The molecule has 2 aliphatic carbocycles. The molecule has 0 unspecified atom stereocenters. The summed E-state index contributed by atoms with van der Waals surface area (Å²) in [6.45, 7) is 5.89. The molecule has 4 heterocycles. The Kier molecular flexibility index (Phi) is 5.15. The quantitative estimate of drug-likeness (QED) is 0.796. The molecule has 1 amide bonds. The number of aromatic nitrogens is 4. The number of fused-ring (bicyclic) bond motifs is 2. The summed E-state index contributed by atoms with van der Waals surface area (Å²) in [7, 11) is 0. The molecule has 1 atom stereocenters. The van der Waals surface area contributed by atoms with Crippen LogP contribution < -0.4 is 4.90 Å². The lowest BCUT2D eigenvalue weighted by Gasteiger charge is -2.34. The minimum absolute atomic E-state index is 0.0825. The fourth-order valence-corrected chi connectivity index (χ4v) is 5.86. The molecule has 0 spiro atoms. The molecule has 170 valence electrons. The molecule has 0 radical (unpaired) electrons. The van der Waals surface area contributed by atoms with E-state index >= 15 is 0 Å². The summed E-state index contributed by atoms with van der Waals surface area (Å²) >= 11 is 0. The topological polar surface area (TPSA) is 78.0 Å². The van der Waals surface area contributed by atoms with Crippen LogP contribution in [-0.4, -0.2) is 57.2 Å². The summed E-state index contributed by atoms with van der Waals surface area (Å²) in [6, 6.07) is 0. The Bertz CT molecular complexity index is 1030. The molecule has 2 aliphatic heterocycles. The van der Waals surface area contributed by atoms with E-state index in [1.165, 1.54) is 37.1 Å². The normalized spacial score (nSPS) is 23.1. The van der Waals surface area contributed by atoms with Gasteiger partial charge in [0.2, 0.25) is 0 Å². The lowest BCUT2D eigenvalue weighted by molar-refractivity contribution is 0.0697. The number of aromatic amines is 1. The second-order valence-electron chi connectivity index (χ2n) is 10.3. The average molecular weight is 435 g/mol. The van der Waals surface area contributed by atoms with Crippen molar-refractivity contribution in [1.29, 1.82) is 0 Å². The zero-order valence-corrected chi connectivity index (χ0v) is 19.2. The molecule has 6 rings (SSSR count). The van der Waals surface area contributed by atoms with E-state index in [9.17, 15) is 4.79 Å². The fraction of sp³-hybridized carbons (Fsp3) is 0.680. The van der Waals surface area contributed by atoms with Gasteiger partial charge in [0.1, 0.15) is 11.6 Å². The molecule has 0 aromatic carbocycles. The van der Waals surface area contributed by atoms with Gasteiger partial charge in [-0.2, -0.15) is 5.10 Å². The Balaban J connectivity index is 1.24. The van der Waals surface area contributed by atoms with Crippen LogP contribution in [0.15, 0.2) is 0 Å². The van der Waals surface area contributed by atoms with E-state index in [1.54, 1.807) is 0 Å². The third-order valence-electron chi connectivity index (χ3n) is 7.87. The number of carbonyl (C=O) groups is 1. The Labute approximate surface area is 190 Å². The molecule has 2 aromatic heterocycles. The van der Waals surface area contributed by atoms with Crippen LogP contribution in [0.1, 0.15) is 89.7 Å². The van der Waals surface area contributed by atoms with Crippen molar-refractivity contribution in [3.63, 3.8) is 0 Å². The number of likely N-dealkylation sites (tertiary alicyclic amines) is 1. The van der Waals surface area contributed by atoms with Crippen molar-refractivity contribution >= 4 is 11.7 Å². The SMILES string of the molecule is Cc1nc([C@H]2CCCN(C(=O)c3n[nH]c4c3CCCC4)C2)nc2c1CCCN2CC1CC1. The number of amides is 1. The number of rotatable bonds is 4. The first-order valence-electron chi connectivity index (χ1n) is 12.6. The first-order chi connectivity index (χ1) is 15.7. The summed E-state index contributed by atoms with van der Waals surface area (Å²) < 4.78 is 0. The molecule has 0 bridgehead atoms. The minimum atomic E-state index is 0.0825. The van der Waals surface area contributed by atoms with Gasteiger partial charge in [0.15, 0.2) is 5.69 Å². The van der Waals surface area contributed by atoms with Crippen molar-refractivity contribution < 1.29 is 4.79 Å². The number of anilines is 1. The zero-order valence-electron chi connectivity index (χ0n) is 19.2. The van der Waals surface area contributed by atoms with Crippen LogP contribution in [0, 0.1) is 12.8 Å². The molecule has 4 aliphatic rings. The van der Waals surface area contributed by atoms with E-state index in [0.29, 0.717) is 12.2 Å². The molecule has 7 heteroatoms. The third-order valence-corrected chi connectivity index (χ3v) is 7.87. The Hall–Kier alpha value is -2.44. The van der Waals surface area contributed by atoms with Gasteiger partial charge in [0.25, 0.3) is 5.91 Å². The van der Waals surface area contributed by atoms with E-state index in [0.717, 1.165) is 86.9 Å². The number of piperidine rings is 1. The van der Waals surface area contributed by atoms with Crippen molar-refractivity contribution in [2.75, 3.05) is 31.1 Å². The summed E-state index contributed by atoms with van der Waals surface area (Å²) in [5.41, 5.74) is 5.44. The zero-order chi connectivity index (χ0) is 21.7. The first-order valence-corrected chi connectivity index (χ1v) is 12.6. The fourth-order valence-electron chi connectivity index (χ4n) is 5.86. The maximum Gasteiger partial charge on any atom is 0.274 e. The predicted octanol–water partition coefficient (Wildman–Crippen LogP) is 3.57. The molecule has 1 saturated carbocycles. The Morgan fingerprint density at radius 1 is 1.00 bits per heavy atom. The van der Waals surface area contributed by atoms with Gasteiger partial charge < -0.3 is 9.80 Å². The largest absolute Gasteiger partial charge is 0.356 e. The average Bonchev–Trinajstić information content (AvgIpc) is 3.54. The van der Waals surface area contributed by atoms with E-state index in [1.807, 2.05) is 4.90 Å². The van der Waals surface area contributed by atoms with Gasteiger partial charge in [-0.3, -0.25) is 9.89 Å². The molecule has 1 N–H and O–H groups in total. The second-order valence-corrected chi connectivity index (χ2v) is 10.3. The number of hydrogen-bond donors (Lipinski definition) is 1. The Morgan fingerprint density at radius 3 is 2.72 bits per heavy atom. The number of aryl methyl sites for hydroxylation is 2. The van der Waals surface area contributed by atoms with Crippen LogP contribution in [0.5, 0.6) is 0 Å². The summed E-state index contributed by atoms with van der Waals surface area (Å²) in [5.74, 6) is 3.25. The van der Waals surface area contributed by atoms with Crippen molar-refractivity contribution in [3.05, 3.63) is 34.0 Å². The van der Waals surface area contributed by atoms with Gasteiger partial charge in [0.05, 0.1) is 0 Å². The van der Waals surface area contributed by atoms with Crippen molar-refractivity contribution in [2.24, 2.45) is 5.92 Å².